The summed E-state index contributed by atoms with van der Waals surface area (Å²) in [6.45, 7) is 6.88. The lowest BCUT2D eigenvalue weighted by molar-refractivity contribution is -0.118. The van der Waals surface area contributed by atoms with Crippen LogP contribution < -0.4 is 11.1 Å². The number of rotatable bonds is 6. The van der Waals surface area contributed by atoms with E-state index in [1.807, 2.05) is 5.38 Å². The third kappa shape index (κ3) is 7.18. The predicted molar refractivity (Wildman–Crippen MR) is 100 cm³/mol. The second kappa shape index (κ2) is 11.2. The first-order valence-electron chi connectivity index (χ1n) is 7.35. The van der Waals surface area contributed by atoms with Crippen molar-refractivity contribution in [1.29, 1.82) is 0 Å². The summed E-state index contributed by atoms with van der Waals surface area (Å²) in [7, 11) is 1.51. The predicted octanol–water partition coefficient (Wildman–Crippen LogP) is 1.51. The zero-order valence-corrected chi connectivity index (χ0v) is 16.5. The number of hydrogen-bond acceptors (Lipinski definition) is 7. The number of carbonyl (C=O) groups is 1. The Kier molecular flexibility index (Phi) is 11.0. The van der Waals surface area contributed by atoms with E-state index in [1.165, 1.54) is 18.4 Å². The average Bonchev–Trinajstić information content (AvgIpc) is 2.84. The Labute approximate surface area is 159 Å². The van der Waals surface area contributed by atoms with E-state index < -0.39 is 6.04 Å². The lowest BCUT2D eigenvalue weighted by atomic mass is 10.2. The molecular weight excluding hydrogens is 375 g/mol. The van der Waals surface area contributed by atoms with Crippen molar-refractivity contribution in [3.05, 3.63) is 11.1 Å². The minimum Gasteiger partial charge on any atom is -0.383 e. The lowest BCUT2D eigenvalue weighted by Crippen LogP contribution is -2.44. The monoisotopic (exact) mass is 400 g/mol. The fraction of sp³-hybridized carbons (Fsp3) is 0.714. The van der Waals surface area contributed by atoms with Crippen LogP contribution in [-0.4, -0.2) is 60.8 Å². The molecule has 0 radical (unpaired) electrons. The molecule has 0 spiro atoms. The number of thiazole rings is 1. The molecule has 0 bridgehead atoms. The van der Waals surface area contributed by atoms with Gasteiger partial charge in [0.05, 0.1) is 24.5 Å². The number of anilines is 1. The van der Waals surface area contributed by atoms with Gasteiger partial charge in [0.2, 0.25) is 5.91 Å². The Morgan fingerprint density at radius 1 is 1.50 bits per heavy atom. The van der Waals surface area contributed by atoms with Crippen LogP contribution in [0, 0.1) is 0 Å². The zero-order chi connectivity index (χ0) is 16.1. The summed E-state index contributed by atoms with van der Waals surface area (Å²) in [4.78, 5) is 18.6. The van der Waals surface area contributed by atoms with Crippen molar-refractivity contribution >= 4 is 47.2 Å². The minimum absolute atomic E-state index is 0. The normalized spacial score (nSPS) is 22.2. The van der Waals surface area contributed by atoms with Gasteiger partial charge in [-0.15, -0.1) is 36.2 Å². The molecule has 2 rings (SSSR count). The van der Waals surface area contributed by atoms with E-state index in [1.54, 1.807) is 0 Å². The van der Waals surface area contributed by atoms with Crippen molar-refractivity contribution in [3.63, 3.8) is 0 Å². The number of halogens is 2. The molecule has 1 fully saturated rings. The molecule has 1 saturated heterocycles. The van der Waals surface area contributed by atoms with Gasteiger partial charge in [0, 0.05) is 32.1 Å². The van der Waals surface area contributed by atoms with E-state index in [2.05, 4.69) is 29.0 Å². The number of morpholine rings is 1. The fourth-order valence-electron chi connectivity index (χ4n) is 2.53. The summed E-state index contributed by atoms with van der Waals surface area (Å²) in [5.41, 5.74) is 6.63. The lowest BCUT2D eigenvalue weighted by Gasteiger charge is -2.34. The fourth-order valence-corrected chi connectivity index (χ4v) is 3.24. The summed E-state index contributed by atoms with van der Waals surface area (Å²) >= 11 is 1.41. The molecule has 7 nitrogen and oxygen atoms in total. The van der Waals surface area contributed by atoms with Gasteiger partial charge in [-0.1, -0.05) is 0 Å². The van der Waals surface area contributed by atoms with Crippen molar-refractivity contribution in [3.8, 4) is 0 Å². The van der Waals surface area contributed by atoms with Gasteiger partial charge in [-0.25, -0.2) is 4.98 Å². The second-order valence-electron chi connectivity index (χ2n) is 5.65. The first-order chi connectivity index (χ1) is 10.5. The third-order valence-electron chi connectivity index (χ3n) is 3.35. The first-order valence-corrected chi connectivity index (χ1v) is 8.23. The van der Waals surface area contributed by atoms with E-state index in [0.717, 1.165) is 25.3 Å². The summed E-state index contributed by atoms with van der Waals surface area (Å²) in [6.07, 6.45) is 0.460. The molecule has 0 aliphatic carbocycles. The molecule has 3 unspecified atom stereocenters. The van der Waals surface area contributed by atoms with Gasteiger partial charge < -0.3 is 20.5 Å². The number of carbonyl (C=O) groups excluding carboxylic acids is 1. The number of hydrogen-bond donors (Lipinski definition) is 2. The van der Waals surface area contributed by atoms with Gasteiger partial charge in [-0.3, -0.25) is 9.69 Å². The van der Waals surface area contributed by atoms with Crippen LogP contribution in [0.2, 0.25) is 0 Å². The molecule has 1 amide bonds. The molecule has 2 heterocycles. The van der Waals surface area contributed by atoms with Crippen LogP contribution in [0.15, 0.2) is 5.38 Å². The van der Waals surface area contributed by atoms with Crippen LogP contribution in [0.3, 0.4) is 0 Å². The van der Waals surface area contributed by atoms with Crippen LogP contribution in [0.4, 0.5) is 5.13 Å². The molecule has 1 aromatic heterocycles. The number of amides is 1. The van der Waals surface area contributed by atoms with Crippen LogP contribution in [-0.2, 0) is 20.8 Å². The Balaban J connectivity index is 0.00000264. The maximum Gasteiger partial charge on any atom is 0.245 e. The van der Waals surface area contributed by atoms with Crippen LogP contribution in [0.5, 0.6) is 0 Å². The van der Waals surface area contributed by atoms with Gasteiger partial charge in [0.1, 0.15) is 6.04 Å². The van der Waals surface area contributed by atoms with Gasteiger partial charge >= 0.3 is 0 Å². The standard InChI is InChI=1S/C14H24N4O3S.2ClH/c1-9-4-18(5-10(2)21-9)6-11-8-22-14(16-11)17-13(19)12(15)7-20-3;;/h8-10,12H,4-7,15H2,1-3H3,(H,16,17,19);2*1H. The number of aromatic nitrogens is 1. The molecule has 10 heteroatoms. The smallest absolute Gasteiger partial charge is 0.245 e. The van der Waals surface area contributed by atoms with Crippen molar-refractivity contribution in [2.24, 2.45) is 5.73 Å². The van der Waals surface area contributed by atoms with Crippen molar-refractivity contribution < 1.29 is 14.3 Å². The molecule has 3 N–H and O–H groups in total. The molecule has 1 aliphatic heterocycles. The molecule has 1 aromatic rings. The van der Waals surface area contributed by atoms with Gasteiger partial charge in [-0.05, 0) is 13.8 Å². The Morgan fingerprint density at radius 2 is 2.12 bits per heavy atom. The Hall–Kier alpha value is -0.480. The quantitative estimate of drug-likeness (QED) is 0.751. The Morgan fingerprint density at radius 3 is 2.71 bits per heavy atom. The van der Waals surface area contributed by atoms with E-state index in [0.29, 0.717) is 5.13 Å². The number of nitrogens with zero attached hydrogens (tertiary/aromatic N) is 2. The number of ether oxygens (including phenoxy) is 2. The summed E-state index contributed by atoms with van der Waals surface area (Å²) < 4.78 is 10.6. The first kappa shape index (κ1) is 23.5. The summed E-state index contributed by atoms with van der Waals surface area (Å²) in [5, 5.41) is 5.25. The largest absolute Gasteiger partial charge is 0.383 e. The number of methoxy groups -OCH3 is 1. The zero-order valence-electron chi connectivity index (χ0n) is 14.1. The molecule has 24 heavy (non-hydrogen) atoms. The van der Waals surface area contributed by atoms with E-state index in [-0.39, 0.29) is 49.5 Å². The highest BCUT2D eigenvalue weighted by Gasteiger charge is 2.23. The molecule has 140 valence electrons. The molecule has 0 saturated carbocycles. The molecule has 0 aromatic carbocycles. The number of nitrogens with two attached hydrogens (primary N) is 1. The second-order valence-corrected chi connectivity index (χ2v) is 6.50. The molecular formula is C14H26Cl2N4O3S. The Bertz CT molecular complexity index is 496. The van der Waals surface area contributed by atoms with Crippen LogP contribution in [0.25, 0.3) is 0 Å². The maximum atomic E-state index is 11.8. The molecule has 3 atom stereocenters. The summed E-state index contributed by atoms with van der Waals surface area (Å²) in [6, 6.07) is -0.682. The molecule has 1 aliphatic rings. The van der Waals surface area contributed by atoms with E-state index in [4.69, 9.17) is 15.2 Å². The SMILES string of the molecule is COCC(N)C(=O)Nc1nc(CN2CC(C)OC(C)C2)cs1.Cl.Cl. The summed E-state index contributed by atoms with van der Waals surface area (Å²) in [5.74, 6) is -0.281. The number of nitrogens with one attached hydrogen (secondary N) is 1. The van der Waals surface area contributed by atoms with E-state index in [9.17, 15) is 4.79 Å². The van der Waals surface area contributed by atoms with Crippen molar-refractivity contribution in [1.82, 2.24) is 9.88 Å². The van der Waals surface area contributed by atoms with Gasteiger partial charge in [-0.2, -0.15) is 0 Å². The van der Waals surface area contributed by atoms with Crippen molar-refractivity contribution in [2.45, 2.75) is 38.6 Å². The van der Waals surface area contributed by atoms with E-state index >= 15 is 0 Å². The van der Waals surface area contributed by atoms with Crippen LogP contribution in [0.1, 0.15) is 19.5 Å². The highest BCUT2D eigenvalue weighted by molar-refractivity contribution is 7.13. The van der Waals surface area contributed by atoms with Gasteiger partial charge in [0.15, 0.2) is 5.13 Å². The van der Waals surface area contributed by atoms with Crippen LogP contribution >= 0.6 is 36.2 Å². The highest BCUT2D eigenvalue weighted by atomic mass is 35.5. The van der Waals surface area contributed by atoms with Gasteiger partial charge in [0.25, 0.3) is 0 Å². The maximum absolute atomic E-state index is 11.8. The minimum atomic E-state index is -0.682. The highest BCUT2D eigenvalue weighted by Crippen LogP contribution is 2.19. The van der Waals surface area contributed by atoms with Crippen molar-refractivity contribution in [2.75, 3.05) is 32.1 Å². The third-order valence-corrected chi connectivity index (χ3v) is 4.15. The topological polar surface area (TPSA) is 89.7 Å². The average molecular weight is 401 g/mol.